The molecule has 86 valence electrons. The number of ether oxygens (including phenoxy) is 1. The van der Waals surface area contributed by atoms with Crippen LogP contribution < -0.4 is 10.1 Å². The summed E-state index contributed by atoms with van der Waals surface area (Å²) in [5, 5.41) is 3.59. The van der Waals surface area contributed by atoms with Crippen molar-refractivity contribution in [2.75, 3.05) is 19.7 Å². The largest absolute Gasteiger partial charge is 0.493 e. The highest BCUT2D eigenvalue weighted by Gasteiger charge is 2.24. The SMILES string of the molecule is c1ccc2c(c1)OCC2CNCC1CCC1. The van der Waals surface area contributed by atoms with E-state index in [4.69, 9.17) is 4.74 Å². The van der Waals surface area contributed by atoms with Gasteiger partial charge in [-0.15, -0.1) is 0 Å². The van der Waals surface area contributed by atoms with E-state index in [0.29, 0.717) is 5.92 Å². The van der Waals surface area contributed by atoms with Crippen molar-refractivity contribution in [2.45, 2.75) is 25.2 Å². The first-order valence-corrected chi connectivity index (χ1v) is 6.36. The number of rotatable bonds is 4. The molecule has 0 saturated heterocycles. The molecule has 1 unspecified atom stereocenters. The maximum atomic E-state index is 5.67. The van der Waals surface area contributed by atoms with E-state index in [1.807, 2.05) is 6.07 Å². The van der Waals surface area contributed by atoms with E-state index in [-0.39, 0.29) is 0 Å². The Hall–Kier alpha value is -1.02. The predicted octanol–water partition coefficient (Wildman–Crippen LogP) is 2.55. The number of benzene rings is 1. The minimum atomic E-state index is 0.552. The lowest BCUT2D eigenvalue weighted by atomic mass is 9.85. The summed E-state index contributed by atoms with van der Waals surface area (Å²) in [6, 6.07) is 8.41. The van der Waals surface area contributed by atoms with Gasteiger partial charge in [-0.1, -0.05) is 24.6 Å². The maximum Gasteiger partial charge on any atom is 0.122 e. The Bertz CT molecular complexity index is 360. The monoisotopic (exact) mass is 217 g/mol. The molecule has 1 saturated carbocycles. The molecule has 2 heteroatoms. The van der Waals surface area contributed by atoms with Crippen LogP contribution in [0.5, 0.6) is 5.75 Å². The highest BCUT2D eigenvalue weighted by atomic mass is 16.5. The van der Waals surface area contributed by atoms with Crippen molar-refractivity contribution >= 4 is 0 Å². The maximum absolute atomic E-state index is 5.67. The third-order valence-corrected chi connectivity index (χ3v) is 3.85. The summed E-state index contributed by atoms with van der Waals surface area (Å²) < 4.78 is 5.67. The zero-order valence-corrected chi connectivity index (χ0v) is 9.61. The lowest BCUT2D eigenvalue weighted by Gasteiger charge is -2.26. The summed E-state index contributed by atoms with van der Waals surface area (Å²) in [5.41, 5.74) is 1.38. The molecular formula is C14H19NO. The fraction of sp³-hybridized carbons (Fsp3) is 0.571. The molecule has 1 aromatic carbocycles. The van der Waals surface area contributed by atoms with Gasteiger partial charge in [-0.05, 0) is 31.4 Å². The molecule has 1 N–H and O–H groups in total. The summed E-state index contributed by atoms with van der Waals surface area (Å²) in [4.78, 5) is 0. The van der Waals surface area contributed by atoms with Gasteiger partial charge in [0, 0.05) is 18.0 Å². The van der Waals surface area contributed by atoms with Crippen molar-refractivity contribution in [2.24, 2.45) is 5.92 Å². The summed E-state index contributed by atoms with van der Waals surface area (Å²) >= 11 is 0. The second-order valence-electron chi connectivity index (χ2n) is 5.00. The van der Waals surface area contributed by atoms with Crippen molar-refractivity contribution in [1.29, 1.82) is 0 Å². The van der Waals surface area contributed by atoms with Crippen molar-refractivity contribution in [3.8, 4) is 5.75 Å². The van der Waals surface area contributed by atoms with E-state index in [0.717, 1.165) is 24.8 Å². The number of nitrogens with one attached hydrogen (secondary N) is 1. The molecule has 1 atom stereocenters. The number of para-hydroxylation sites is 1. The standard InChI is InChI=1S/C14H19NO/c1-2-7-14-13(6-1)12(10-16-14)9-15-8-11-4-3-5-11/h1-2,6-7,11-12,15H,3-5,8-10H2. The fourth-order valence-corrected chi connectivity index (χ4v) is 2.56. The number of hydrogen-bond donors (Lipinski definition) is 1. The molecule has 1 aliphatic carbocycles. The van der Waals surface area contributed by atoms with E-state index in [9.17, 15) is 0 Å². The summed E-state index contributed by atoms with van der Waals surface area (Å²) in [7, 11) is 0. The summed E-state index contributed by atoms with van der Waals surface area (Å²) in [6.07, 6.45) is 4.28. The first-order valence-electron chi connectivity index (χ1n) is 6.36. The summed E-state index contributed by atoms with van der Waals surface area (Å²) in [5.74, 6) is 2.58. The fourth-order valence-electron chi connectivity index (χ4n) is 2.56. The molecule has 0 radical (unpaired) electrons. The van der Waals surface area contributed by atoms with Gasteiger partial charge in [-0.25, -0.2) is 0 Å². The van der Waals surface area contributed by atoms with Crippen LogP contribution in [-0.2, 0) is 0 Å². The zero-order valence-electron chi connectivity index (χ0n) is 9.61. The molecule has 1 aromatic rings. The van der Waals surface area contributed by atoms with Crippen LogP contribution in [0.4, 0.5) is 0 Å². The van der Waals surface area contributed by atoms with E-state index in [1.54, 1.807) is 0 Å². The van der Waals surface area contributed by atoms with Crippen LogP contribution in [0.25, 0.3) is 0 Å². The first kappa shape index (κ1) is 10.2. The molecule has 0 bridgehead atoms. The van der Waals surface area contributed by atoms with Gasteiger partial charge in [0.2, 0.25) is 0 Å². The molecule has 1 fully saturated rings. The first-order chi connectivity index (χ1) is 7.93. The normalized spacial score (nSPS) is 23.6. The molecular weight excluding hydrogens is 198 g/mol. The van der Waals surface area contributed by atoms with Crippen molar-refractivity contribution in [3.63, 3.8) is 0 Å². The molecule has 2 aliphatic rings. The molecule has 0 aromatic heterocycles. The Morgan fingerprint density at radius 3 is 2.88 bits per heavy atom. The second kappa shape index (κ2) is 4.46. The molecule has 16 heavy (non-hydrogen) atoms. The summed E-state index contributed by atoms with van der Waals surface area (Å²) in [6.45, 7) is 3.10. The molecule has 1 heterocycles. The van der Waals surface area contributed by atoms with Crippen LogP contribution in [0, 0.1) is 5.92 Å². The lowest BCUT2D eigenvalue weighted by molar-refractivity contribution is 0.288. The Labute approximate surface area is 97.0 Å². The third-order valence-electron chi connectivity index (χ3n) is 3.85. The van der Waals surface area contributed by atoms with E-state index in [1.165, 1.54) is 31.4 Å². The molecule has 1 aliphatic heterocycles. The highest BCUT2D eigenvalue weighted by molar-refractivity contribution is 5.39. The van der Waals surface area contributed by atoms with Crippen LogP contribution in [0.2, 0.25) is 0 Å². The van der Waals surface area contributed by atoms with Crippen molar-refractivity contribution in [1.82, 2.24) is 5.32 Å². The topological polar surface area (TPSA) is 21.3 Å². The average Bonchev–Trinajstić information content (AvgIpc) is 2.65. The van der Waals surface area contributed by atoms with Crippen LogP contribution in [0.15, 0.2) is 24.3 Å². The minimum absolute atomic E-state index is 0.552. The van der Waals surface area contributed by atoms with Gasteiger partial charge in [0.05, 0.1) is 6.61 Å². The highest BCUT2D eigenvalue weighted by Crippen LogP contribution is 2.33. The second-order valence-corrected chi connectivity index (χ2v) is 5.00. The van der Waals surface area contributed by atoms with E-state index < -0.39 is 0 Å². The minimum Gasteiger partial charge on any atom is -0.493 e. The van der Waals surface area contributed by atoms with Gasteiger partial charge < -0.3 is 10.1 Å². The van der Waals surface area contributed by atoms with E-state index in [2.05, 4.69) is 23.5 Å². The van der Waals surface area contributed by atoms with E-state index >= 15 is 0 Å². The van der Waals surface area contributed by atoms with Crippen molar-refractivity contribution < 1.29 is 4.74 Å². The number of fused-ring (bicyclic) bond motifs is 1. The van der Waals surface area contributed by atoms with Gasteiger partial charge in [0.25, 0.3) is 0 Å². The Morgan fingerprint density at radius 1 is 1.19 bits per heavy atom. The van der Waals surface area contributed by atoms with Gasteiger partial charge >= 0.3 is 0 Å². The Morgan fingerprint density at radius 2 is 2.06 bits per heavy atom. The molecule has 3 rings (SSSR count). The van der Waals surface area contributed by atoms with Crippen LogP contribution in [0.3, 0.4) is 0 Å². The molecule has 0 amide bonds. The van der Waals surface area contributed by atoms with Gasteiger partial charge in [-0.3, -0.25) is 0 Å². The molecule has 2 nitrogen and oxygen atoms in total. The zero-order chi connectivity index (χ0) is 10.8. The van der Waals surface area contributed by atoms with Gasteiger partial charge in [-0.2, -0.15) is 0 Å². The van der Waals surface area contributed by atoms with Gasteiger partial charge in [0.15, 0.2) is 0 Å². The lowest BCUT2D eigenvalue weighted by Crippen LogP contribution is -2.30. The van der Waals surface area contributed by atoms with Crippen LogP contribution in [-0.4, -0.2) is 19.7 Å². The quantitative estimate of drug-likeness (QED) is 0.837. The Balaban J connectivity index is 1.52. The van der Waals surface area contributed by atoms with Crippen LogP contribution >= 0.6 is 0 Å². The smallest absolute Gasteiger partial charge is 0.122 e. The van der Waals surface area contributed by atoms with Crippen LogP contribution in [0.1, 0.15) is 30.7 Å². The molecule has 0 spiro atoms. The Kier molecular flexibility index (Phi) is 2.83. The number of hydrogen-bond acceptors (Lipinski definition) is 2. The van der Waals surface area contributed by atoms with Gasteiger partial charge in [0.1, 0.15) is 5.75 Å². The average molecular weight is 217 g/mol. The van der Waals surface area contributed by atoms with Crippen molar-refractivity contribution in [3.05, 3.63) is 29.8 Å². The predicted molar refractivity (Wildman–Crippen MR) is 64.9 cm³/mol. The third kappa shape index (κ3) is 1.94.